The summed E-state index contributed by atoms with van der Waals surface area (Å²) < 4.78 is 60.6. The van der Waals surface area contributed by atoms with E-state index < -0.39 is 62.1 Å². The summed E-state index contributed by atoms with van der Waals surface area (Å²) in [5.74, 6) is -5.63. The fourth-order valence-corrected chi connectivity index (χ4v) is 7.46. The van der Waals surface area contributed by atoms with Crippen molar-refractivity contribution in [2.24, 2.45) is 7.05 Å². The number of amides is 2. The lowest BCUT2D eigenvalue weighted by molar-refractivity contribution is -0.139. The molecule has 57 heavy (non-hydrogen) atoms. The summed E-state index contributed by atoms with van der Waals surface area (Å²) in [6.07, 6.45) is 3.96. The maximum atomic E-state index is 15.2. The SMILES string of the molecule is CC(C)N1CCN(C(=O)c2ccc(S(=O)(=O)Nc3cc(F)c(C(=O)N[C@@H](CCc4ccc(-n5c(=O)c6ccncc6n(C)c5=O)nc4)C(=O)O)cc3F)cc2)CC1. The lowest BCUT2D eigenvalue weighted by Crippen LogP contribution is -2.50. The van der Waals surface area contributed by atoms with Gasteiger partial charge in [-0.25, -0.2) is 36.3 Å². The first-order valence-corrected chi connectivity index (χ1v) is 19.2. The summed E-state index contributed by atoms with van der Waals surface area (Å²) in [6, 6.07) is 9.07. The van der Waals surface area contributed by atoms with Gasteiger partial charge in [0.25, 0.3) is 27.4 Å². The highest BCUT2D eigenvalue weighted by Crippen LogP contribution is 2.24. The van der Waals surface area contributed by atoms with Crippen molar-refractivity contribution in [2.75, 3.05) is 30.9 Å². The Morgan fingerprint density at radius 1 is 0.930 bits per heavy atom. The van der Waals surface area contributed by atoms with Gasteiger partial charge in [-0.2, -0.15) is 0 Å². The van der Waals surface area contributed by atoms with E-state index in [1.54, 1.807) is 4.90 Å². The molecule has 2 amide bonds. The van der Waals surface area contributed by atoms with Crippen molar-refractivity contribution in [1.29, 1.82) is 0 Å². The van der Waals surface area contributed by atoms with Crippen LogP contribution in [0.3, 0.4) is 0 Å². The van der Waals surface area contributed by atoms with E-state index in [4.69, 9.17) is 0 Å². The predicted octanol–water partition coefficient (Wildman–Crippen LogP) is 2.54. The van der Waals surface area contributed by atoms with E-state index in [9.17, 15) is 37.5 Å². The van der Waals surface area contributed by atoms with Crippen LogP contribution in [0.5, 0.6) is 0 Å². The number of rotatable bonds is 12. The van der Waals surface area contributed by atoms with Gasteiger partial charge < -0.3 is 15.3 Å². The maximum absolute atomic E-state index is 15.2. The molecule has 3 N–H and O–H groups in total. The number of sulfonamides is 1. The number of carboxylic acids is 1. The van der Waals surface area contributed by atoms with Crippen molar-refractivity contribution in [3.8, 4) is 5.82 Å². The Morgan fingerprint density at radius 3 is 2.26 bits per heavy atom. The van der Waals surface area contributed by atoms with E-state index in [0.717, 1.165) is 4.57 Å². The molecule has 1 fully saturated rings. The van der Waals surface area contributed by atoms with Crippen molar-refractivity contribution < 1.29 is 36.7 Å². The number of benzene rings is 2. The van der Waals surface area contributed by atoms with Crippen LogP contribution >= 0.6 is 0 Å². The molecule has 0 aliphatic carbocycles. The second-order valence-electron chi connectivity index (χ2n) is 13.7. The van der Waals surface area contributed by atoms with E-state index in [1.165, 1.54) is 72.7 Å². The summed E-state index contributed by atoms with van der Waals surface area (Å²) in [5, 5.41) is 12.2. The molecule has 5 aromatic rings. The van der Waals surface area contributed by atoms with Crippen LogP contribution in [0, 0.1) is 11.6 Å². The molecule has 0 radical (unpaired) electrons. The van der Waals surface area contributed by atoms with Crippen LogP contribution in [0.25, 0.3) is 16.7 Å². The number of piperazine rings is 1. The summed E-state index contributed by atoms with van der Waals surface area (Å²) in [6.45, 7) is 6.60. The highest BCUT2D eigenvalue weighted by molar-refractivity contribution is 7.92. The number of carbonyl (C=O) groups excluding carboxylic acids is 2. The van der Waals surface area contributed by atoms with Gasteiger partial charge in [0.15, 0.2) is 0 Å². The number of hydrogen-bond donors (Lipinski definition) is 3. The molecule has 0 unspecified atom stereocenters. The first kappa shape index (κ1) is 40.3. The number of aromatic nitrogens is 4. The minimum atomic E-state index is -4.47. The minimum absolute atomic E-state index is 0.0191. The predicted molar refractivity (Wildman–Crippen MR) is 204 cm³/mol. The van der Waals surface area contributed by atoms with Crippen molar-refractivity contribution in [3.05, 3.63) is 122 Å². The number of fused-ring (bicyclic) bond motifs is 1. The molecule has 0 bridgehead atoms. The molecule has 19 heteroatoms. The molecule has 1 saturated heterocycles. The van der Waals surface area contributed by atoms with Crippen LogP contribution in [0.15, 0.2) is 87.7 Å². The quantitative estimate of drug-likeness (QED) is 0.167. The average Bonchev–Trinajstić information content (AvgIpc) is 3.20. The van der Waals surface area contributed by atoms with Crippen LogP contribution in [0.4, 0.5) is 14.5 Å². The molecule has 3 aromatic heterocycles. The zero-order valence-corrected chi connectivity index (χ0v) is 31.8. The van der Waals surface area contributed by atoms with Gasteiger partial charge in [0.2, 0.25) is 0 Å². The second kappa shape index (κ2) is 16.4. The first-order chi connectivity index (χ1) is 27.0. The third-order valence-electron chi connectivity index (χ3n) is 9.73. The van der Waals surface area contributed by atoms with Crippen molar-refractivity contribution in [1.82, 2.24) is 34.2 Å². The van der Waals surface area contributed by atoms with Gasteiger partial charge in [-0.15, -0.1) is 0 Å². The Kier molecular flexibility index (Phi) is 11.6. The Balaban J connectivity index is 1.09. The van der Waals surface area contributed by atoms with Gasteiger partial charge in [-0.05, 0) is 74.7 Å². The fourth-order valence-electron chi connectivity index (χ4n) is 6.40. The van der Waals surface area contributed by atoms with E-state index >= 15 is 8.78 Å². The molecule has 1 aliphatic rings. The van der Waals surface area contributed by atoms with Gasteiger partial charge in [-0.3, -0.25) is 33.6 Å². The number of aryl methyl sites for hydroxylation is 2. The number of carbonyl (C=O) groups is 3. The Bertz CT molecular complexity index is 2590. The molecule has 1 atom stereocenters. The molecule has 0 saturated carbocycles. The molecule has 298 valence electrons. The molecule has 16 nitrogen and oxygen atoms in total. The van der Waals surface area contributed by atoms with Crippen LogP contribution in [0.2, 0.25) is 0 Å². The minimum Gasteiger partial charge on any atom is -0.480 e. The number of carboxylic acid groups (broad SMARTS) is 1. The van der Waals surface area contributed by atoms with E-state index in [0.29, 0.717) is 55.4 Å². The van der Waals surface area contributed by atoms with Gasteiger partial charge in [0.1, 0.15) is 23.5 Å². The number of anilines is 1. The molecule has 1 aliphatic heterocycles. The Labute approximate surface area is 324 Å². The standard InChI is InChI=1S/C38H38F2N8O8S/c1-22(2)46-14-16-47(17-15-46)35(50)24-6-8-25(9-7-24)57(55,56)44-31-19-28(39)27(18-29(31)40)34(49)43-30(37(52)53)10-4-23-5-11-33(42-20-23)48-36(51)26-12-13-41-21-32(26)45(3)38(48)54/h5-9,11-13,18-22,30,44H,4,10,14-17H2,1-3H3,(H,43,49)(H,52,53)/t30-/m0/s1. The van der Waals surface area contributed by atoms with Gasteiger partial charge in [-0.1, -0.05) is 6.07 Å². The number of nitrogens with one attached hydrogen (secondary N) is 2. The lowest BCUT2D eigenvalue weighted by Gasteiger charge is -2.37. The lowest BCUT2D eigenvalue weighted by atomic mass is 10.1. The summed E-state index contributed by atoms with van der Waals surface area (Å²) in [5.41, 5.74) is -1.87. The van der Waals surface area contributed by atoms with E-state index in [-0.39, 0.29) is 40.4 Å². The maximum Gasteiger partial charge on any atom is 0.337 e. The topological polar surface area (TPSA) is 206 Å². The molecule has 4 heterocycles. The number of halogens is 2. The van der Waals surface area contributed by atoms with Gasteiger partial charge in [0, 0.05) is 63.3 Å². The van der Waals surface area contributed by atoms with Crippen molar-refractivity contribution in [2.45, 2.75) is 43.7 Å². The van der Waals surface area contributed by atoms with Crippen LogP contribution in [-0.2, 0) is 28.3 Å². The second-order valence-corrected chi connectivity index (χ2v) is 15.3. The smallest absolute Gasteiger partial charge is 0.337 e. The Morgan fingerprint density at radius 2 is 1.63 bits per heavy atom. The Hall–Kier alpha value is -6.34. The first-order valence-electron chi connectivity index (χ1n) is 17.8. The number of nitrogens with zero attached hydrogens (tertiary/aromatic N) is 6. The van der Waals surface area contributed by atoms with Crippen molar-refractivity contribution in [3.63, 3.8) is 0 Å². The fraction of sp³-hybridized carbons (Fsp3) is 0.289. The summed E-state index contributed by atoms with van der Waals surface area (Å²) in [4.78, 5) is 75.7. The van der Waals surface area contributed by atoms with Crippen molar-refractivity contribution >= 4 is 44.4 Å². The molecular formula is C38H38F2N8O8S. The zero-order chi connectivity index (χ0) is 41.2. The molecule has 0 spiro atoms. The van der Waals surface area contributed by atoms with Gasteiger partial charge >= 0.3 is 11.7 Å². The molecular weight excluding hydrogens is 767 g/mol. The molecule has 6 rings (SSSR count). The van der Waals surface area contributed by atoms with Crippen LogP contribution in [0.1, 0.15) is 46.5 Å². The zero-order valence-electron chi connectivity index (χ0n) is 31.0. The van der Waals surface area contributed by atoms with E-state index in [2.05, 4.69) is 34.0 Å². The van der Waals surface area contributed by atoms with E-state index in [1.807, 2.05) is 4.72 Å². The van der Waals surface area contributed by atoms with Crippen LogP contribution in [-0.4, -0.2) is 98.5 Å². The average molecular weight is 805 g/mol. The largest absolute Gasteiger partial charge is 0.480 e. The number of hydrogen-bond acceptors (Lipinski definition) is 10. The highest BCUT2D eigenvalue weighted by atomic mass is 32.2. The normalized spacial score (nSPS) is 14.1. The summed E-state index contributed by atoms with van der Waals surface area (Å²) in [7, 11) is -2.99. The summed E-state index contributed by atoms with van der Waals surface area (Å²) >= 11 is 0. The number of pyridine rings is 2. The monoisotopic (exact) mass is 804 g/mol. The highest BCUT2D eigenvalue weighted by Gasteiger charge is 2.27. The molecule has 2 aromatic carbocycles. The third-order valence-corrected chi connectivity index (χ3v) is 11.1. The van der Waals surface area contributed by atoms with Crippen LogP contribution < -0.4 is 21.3 Å². The third kappa shape index (κ3) is 8.58. The number of aliphatic carboxylic acids is 1. The van der Waals surface area contributed by atoms with Gasteiger partial charge in [0.05, 0.1) is 33.2 Å².